The lowest BCUT2D eigenvalue weighted by Crippen LogP contribution is -2.42. The summed E-state index contributed by atoms with van der Waals surface area (Å²) in [7, 11) is 7.94. The van der Waals surface area contributed by atoms with Crippen LogP contribution in [0.5, 0.6) is 5.88 Å². The predicted molar refractivity (Wildman–Crippen MR) is 83.9 cm³/mol. The molecule has 1 N–H and O–H groups in total. The molecule has 5 heteroatoms. The Labute approximate surface area is 121 Å². The minimum absolute atomic E-state index is 0.470. The smallest absolute Gasteiger partial charge is 0.239 e. The summed E-state index contributed by atoms with van der Waals surface area (Å²) in [5.41, 5.74) is 2.12. The Bertz CT molecular complexity index is 449. The highest BCUT2D eigenvalue weighted by atomic mass is 16.5. The van der Waals surface area contributed by atoms with Crippen molar-refractivity contribution in [3.8, 4) is 5.88 Å². The molecule has 1 aliphatic heterocycles. The Hall–Kier alpha value is -1.49. The van der Waals surface area contributed by atoms with Crippen molar-refractivity contribution < 1.29 is 4.74 Å². The molecule has 1 saturated heterocycles. The van der Waals surface area contributed by atoms with Gasteiger partial charge in [-0.1, -0.05) is 0 Å². The monoisotopic (exact) mass is 278 g/mol. The molecule has 2 unspecified atom stereocenters. The average Bonchev–Trinajstić information content (AvgIpc) is 2.43. The average molecular weight is 278 g/mol. The van der Waals surface area contributed by atoms with Crippen LogP contribution in [0.3, 0.4) is 0 Å². The van der Waals surface area contributed by atoms with Crippen molar-refractivity contribution >= 4 is 11.4 Å². The Morgan fingerprint density at radius 2 is 2.20 bits per heavy atom. The van der Waals surface area contributed by atoms with Crippen molar-refractivity contribution in [2.45, 2.75) is 31.8 Å². The summed E-state index contributed by atoms with van der Waals surface area (Å²) in [4.78, 5) is 8.81. The molecular formula is C15H26N4O. The van der Waals surface area contributed by atoms with Crippen molar-refractivity contribution in [2.24, 2.45) is 0 Å². The molecule has 2 heterocycles. The first-order valence-electron chi connectivity index (χ1n) is 7.20. The van der Waals surface area contributed by atoms with Crippen LogP contribution in [0.2, 0.25) is 0 Å². The van der Waals surface area contributed by atoms with Gasteiger partial charge in [0, 0.05) is 38.9 Å². The lowest BCUT2D eigenvalue weighted by atomic mass is 9.98. The number of nitrogens with one attached hydrogen (secondary N) is 1. The highest BCUT2D eigenvalue weighted by Gasteiger charge is 2.24. The van der Waals surface area contributed by atoms with E-state index >= 15 is 0 Å². The largest absolute Gasteiger partial charge is 0.479 e. The fourth-order valence-electron chi connectivity index (χ4n) is 2.72. The van der Waals surface area contributed by atoms with E-state index in [0.717, 1.165) is 30.8 Å². The Morgan fingerprint density at radius 1 is 1.45 bits per heavy atom. The van der Waals surface area contributed by atoms with Gasteiger partial charge in [0.25, 0.3) is 0 Å². The van der Waals surface area contributed by atoms with Crippen LogP contribution in [0, 0.1) is 0 Å². The Morgan fingerprint density at radius 3 is 2.80 bits per heavy atom. The molecule has 5 nitrogen and oxygen atoms in total. The van der Waals surface area contributed by atoms with E-state index < -0.39 is 0 Å². The van der Waals surface area contributed by atoms with E-state index in [0.29, 0.717) is 18.0 Å². The molecule has 112 valence electrons. The van der Waals surface area contributed by atoms with Gasteiger partial charge in [0.15, 0.2) is 0 Å². The lowest BCUT2D eigenvalue weighted by molar-refractivity contribution is 0.190. The maximum absolute atomic E-state index is 5.41. The summed E-state index contributed by atoms with van der Waals surface area (Å²) in [6, 6.07) is 3.09. The third kappa shape index (κ3) is 3.15. The second-order valence-corrected chi connectivity index (χ2v) is 5.80. The van der Waals surface area contributed by atoms with Crippen molar-refractivity contribution in [3.63, 3.8) is 0 Å². The second-order valence-electron chi connectivity index (χ2n) is 5.80. The molecule has 0 bridgehead atoms. The molecule has 0 saturated carbocycles. The number of methoxy groups -OCH3 is 1. The second kappa shape index (κ2) is 6.31. The summed E-state index contributed by atoms with van der Waals surface area (Å²) < 4.78 is 5.41. The number of piperidine rings is 1. The summed E-state index contributed by atoms with van der Waals surface area (Å²) in [6.45, 7) is 3.40. The van der Waals surface area contributed by atoms with Gasteiger partial charge in [0.2, 0.25) is 5.88 Å². The molecule has 1 aromatic heterocycles. The number of aromatic nitrogens is 1. The SMILES string of the molecule is COc1nccc(N(C)C)c1NC1CCN(C)C(C)C1. The molecule has 0 spiro atoms. The van der Waals surface area contributed by atoms with Crippen molar-refractivity contribution in [1.29, 1.82) is 0 Å². The topological polar surface area (TPSA) is 40.6 Å². The molecule has 2 rings (SSSR count). The first-order chi connectivity index (χ1) is 9.52. The van der Waals surface area contributed by atoms with Gasteiger partial charge in [-0.3, -0.25) is 0 Å². The van der Waals surface area contributed by atoms with Gasteiger partial charge < -0.3 is 19.9 Å². The standard InChI is InChI=1S/C15H26N4O/c1-11-10-12(7-9-19(11)4)17-14-13(18(2)3)6-8-16-15(14)20-5/h6,8,11-12,17H,7,9-10H2,1-5H3. The number of hydrogen-bond acceptors (Lipinski definition) is 5. The number of anilines is 2. The van der Waals surface area contributed by atoms with Crippen molar-refractivity contribution in [2.75, 3.05) is 45.0 Å². The van der Waals surface area contributed by atoms with E-state index in [9.17, 15) is 0 Å². The molecular weight excluding hydrogens is 252 g/mol. The zero-order valence-electron chi connectivity index (χ0n) is 13.2. The van der Waals surface area contributed by atoms with E-state index in [2.05, 4.69) is 34.1 Å². The highest BCUT2D eigenvalue weighted by molar-refractivity contribution is 5.74. The first kappa shape index (κ1) is 14.9. The number of likely N-dealkylation sites (tertiary alicyclic amines) is 1. The van der Waals surface area contributed by atoms with E-state index in [1.807, 2.05) is 20.2 Å². The predicted octanol–water partition coefficient (Wildman–Crippen LogP) is 2.05. The molecule has 0 aromatic carbocycles. The molecule has 1 aliphatic rings. The Balaban J connectivity index is 2.19. The molecule has 0 amide bonds. The van der Waals surface area contributed by atoms with Gasteiger partial charge in [-0.25, -0.2) is 4.98 Å². The molecule has 0 radical (unpaired) electrons. The molecule has 20 heavy (non-hydrogen) atoms. The fraction of sp³-hybridized carbons (Fsp3) is 0.667. The summed E-state index contributed by atoms with van der Waals surface area (Å²) in [5.74, 6) is 0.669. The van der Waals surface area contributed by atoms with Crippen LogP contribution in [0.25, 0.3) is 0 Å². The number of rotatable bonds is 4. The third-order valence-corrected chi connectivity index (χ3v) is 4.13. The molecule has 0 aliphatic carbocycles. The van der Waals surface area contributed by atoms with Crippen LogP contribution in [-0.2, 0) is 0 Å². The van der Waals surface area contributed by atoms with Gasteiger partial charge in [0.05, 0.1) is 12.8 Å². The summed E-state index contributed by atoms with van der Waals surface area (Å²) >= 11 is 0. The zero-order valence-corrected chi connectivity index (χ0v) is 13.2. The van der Waals surface area contributed by atoms with Crippen LogP contribution in [0.4, 0.5) is 11.4 Å². The van der Waals surface area contributed by atoms with Gasteiger partial charge in [0.1, 0.15) is 5.69 Å². The molecule has 2 atom stereocenters. The van der Waals surface area contributed by atoms with Gasteiger partial charge >= 0.3 is 0 Å². The van der Waals surface area contributed by atoms with Crippen LogP contribution in [-0.4, -0.2) is 56.8 Å². The molecule has 1 aromatic rings. The normalized spacial score (nSPS) is 23.4. The minimum Gasteiger partial charge on any atom is -0.479 e. The quantitative estimate of drug-likeness (QED) is 0.913. The van der Waals surface area contributed by atoms with Crippen LogP contribution >= 0.6 is 0 Å². The Kier molecular flexibility index (Phi) is 4.70. The number of ether oxygens (including phenoxy) is 1. The lowest BCUT2D eigenvalue weighted by Gasteiger charge is -2.36. The highest BCUT2D eigenvalue weighted by Crippen LogP contribution is 2.34. The van der Waals surface area contributed by atoms with Crippen molar-refractivity contribution in [1.82, 2.24) is 9.88 Å². The maximum atomic E-state index is 5.41. The van der Waals surface area contributed by atoms with Crippen LogP contribution in [0.15, 0.2) is 12.3 Å². The third-order valence-electron chi connectivity index (χ3n) is 4.13. The minimum atomic E-state index is 0.470. The van der Waals surface area contributed by atoms with E-state index in [-0.39, 0.29) is 0 Å². The summed E-state index contributed by atoms with van der Waals surface area (Å²) in [5, 5.41) is 3.65. The zero-order chi connectivity index (χ0) is 14.7. The summed E-state index contributed by atoms with van der Waals surface area (Å²) in [6.07, 6.45) is 4.07. The van der Waals surface area contributed by atoms with Gasteiger partial charge in [-0.05, 0) is 32.9 Å². The first-order valence-corrected chi connectivity index (χ1v) is 7.20. The number of hydrogen-bond donors (Lipinski definition) is 1. The van der Waals surface area contributed by atoms with E-state index in [1.165, 1.54) is 0 Å². The van der Waals surface area contributed by atoms with Crippen molar-refractivity contribution in [3.05, 3.63) is 12.3 Å². The van der Waals surface area contributed by atoms with E-state index in [1.54, 1.807) is 13.3 Å². The van der Waals surface area contributed by atoms with Crippen LogP contribution < -0.4 is 15.0 Å². The molecule has 1 fully saturated rings. The fourth-order valence-corrected chi connectivity index (χ4v) is 2.72. The maximum Gasteiger partial charge on any atom is 0.239 e. The number of pyridine rings is 1. The van der Waals surface area contributed by atoms with Gasteiger partial charge in [-0.2, -0.15) is 0 Å². The van der Waals surface area contributed by atoms with E-state index in [4.69, 9.17) is 4.74 Å². The van der Waals surface area contributed by atoms with Crippen LogP contribution in [0.1, 0.15) is 19.8 Å². The van der Waals surface area contributed by atoms with Gasteiger partial charge in [-0.15, -0.1) is 0 Å². The number of nitrogens with zero attached hydrogens (tertiary/aromatic N) is 3.